The second-order valence-electron chi connectivity index (χ2n) is 17.1. The zero-order chi connectivity index (χ0) is 39.6. The van der Waals surface area contributed by atoms with Crippen LogP contribution in [0.5, 0.6) is 0 Å². The minimum absolute atomic E-state index is 0. The van der Waals surface area contributed by atoms with E-state index in [2.05, 4.69) is 154 Å². The molecule has 6 heteroatoms. The predicted octanol–water partition coefficient (Wildman–Crippen LogP) is 13.1. The summed E-state index contributed by atoms with van der Waals surface area (Å²) >= 11 is -1.86. The van der Waals surface area contributed by atoms with Crippen LogP contribution in [0.15, 0.2) is 132 Å². The molecule has 0 fully saturated rings. The minimum Gasteiger partial charge on any atom is -0.500 e. The Morgan fingerprint density at radius 2 is 1.37 bits per heavy atom. The number of halogens is 1. The number of furan rings is 1. The second-order valence-corrected chi connectivity index (χ2v) is 27.7. The smallest absolute Gasteiger partial charge is 0.121 e. The van der Waals surface area contributed by atoms with Gasteiger partial charge in [0.25, 0.3) is 0 Å². The molecule has 8 rings (SSSR count). The van der Waals surface area contributed by atoms with E-state index >= 15 is 0 Å². The molecule has 0 aliphatic heterocycles. The van der Waals surface area contributed by atoms with Gasteiger partial charge in [0.2, 0.25) is 0 Å². The van der Waals surface area contributed by atoms with Gasteiger partial charge >= 0.3 is 110 Å². The average Bonchev–Trinajstić information content (AvgIpc) is 3.53. The zero-order valence-corrected chi connectivity index (χ0v) is 38.5. The Morgan fingerprint density at radius 1 is 0.667 bits per heavy atom. The molecule has 3 nitrogen and oxygen atoms in total. The van der Waals surface area contributed by atoms with Gasteiger partial charge in [0.15, 0.2) is 0 Å². The van der Waals surface area contributed by atoms with Crippen molar-refractivity contribution in [1.29, 1.82) is 0 Å². The predicted molar refractivity (Wildman–Crippen MR) is 235 cm³/mol. The number of benzene rings is 5. The number of nitrogens with zero attached hydrogens (tertiary/aromatic N) is 2. The summed E-state index contributed by atoms with van der Waals surface area (Å²) in [5, 5.41) is 2.21. The van der Waals surface area contributed by atoms with Crippen LogP contribution < -0.4 is 4.40 Å². The van der Waals surface area contributed by atoms with Gasteiger partial charge in [-0.2, -0.15) is 0 Å². The molecule has 0 saturated carbocycles. The van der Waals surface area contributed by atoms with Gasteiger partial charge in [-0.25, -0.2) is 0 Å². The number of hydrogen-bond acceptors (Lipinski definition) is 3. The van der Waals surface area contributed by atoms with Crippen LogP contribution in [0.25, 0.3) is 55.6 Å². The van der Waals surface area contributed by atoms with Crippen LogP contribution in [0.1, 0.15) is 48.6 Å². The van der Waals surface area contributed by atoms with Gasteiger partial charge in [-0.1, -0.05) is 105 Å². The van der Waals surface area contributed by atoms with Crippen LogP contribution in [-0.4, -0.2) is 23.2 Å². The first-order chi connectivity index (χ1) is 26.7. The van der Waals surface area contributed by atoms with Gasteiger partial charge in [-0.3, -0.25) is 0 Å². The van der Waals surface area contributed by atoms with Crippen LogP contribution in [-0.2, 0) is 32.9 Å². The van der Waals surface area contributed by atoms with E-state index in [9.17, 15) is 4.39 Å². The molecular formula is C51H49FGeIrN2O-2. The molecule has 0 atom stereocenters. The first kappa shape index (κ1) is 41.9. The summed E-state index contributed by atoms with van der Waals surface area (Å²) in [5.74, 6) is 6.79. The van der Waals surface area contributed by atoms with Crippen LogP contribution in [0, 0.1) is 37.2 Å². The maximum absolute atomic E-state index is 13.2. The van der Waals surface area contributed by atoms with Crippen LogP contribution in [0.3, 0.4) is 0 Å². The molecule has 3 heterocycles. The Morgan fingerprint density at radius 3 is 2.09 bits per heavy atom. The number of fused-ring (bicyclic) bond motifs is 3. The molecule has 57 heavy (non-hydrogen) atoms. The summed E-state index contributed by atoms with van der Waals surface area (Å²) < 4.78 is 20.9. The summed E-state index contributed by atoms with van der Waals surface area (Å²) in [6, 6.07) is 45.2. The van der Waals surface area contributed by atoms with Gasteiger partial charge < -0.3 is 9.40 Å². The van der Waals surface area contributed by atoms with Gasteiger partial charge in [-0.05, 0) is 64.8 Å². The zero-order valence-electron chi connectivity index (χ0n) is 34.1. The maximum Gasteiger partial charge on any atom is 0.121 e. The first-order valence-electron chi connectivity index (χ1n) is 19.3. The quantitative estimate of drug-likeness (QED) is 0.118. The van der Waals surface area contributed by atoms with E-state index in [1.807, 2.05) is 24.5 Å². The van der Waals surface area contributed by atoms with Crippen molar-refractivity contribution in [3.8, 4) is 33.6 Å². The summed E-state index contributed by atoms with van der Waals surface area (Å²) in [5.41, 5.74) is 14.2. The van der Waals surface area contributed by atoms with Crippen molar-refractivity contribution in [3.05, 3.63) is 173 Å². The SMILES string of the molecule is Cc1cc(-c2[c-]ccc(F)c2)nc[c]1[Ge]([CH3])([CH3])[CH3].Cc1cnc(-c2[c-]cc3oc4cc(-c5cccc(Cc6ccccc6)c5)ccc4c3c2)cc1CC(C)(C)C.[Ir]. The monoisotopic (exact) mass is 991 g/mol. The Kier molecular flexibility index (Phi) is 12.8. The van der Waals surface area contributed by atoms with Crippen molar-refractivity contribution in [1.82, 2.24) is 9.97 Å². The summed E-state index contributed by atoms with van der Waals surface area (Å²) in [4.78, 5) is 9.21. The van der Waals surface area contributed by atoms with E-state index in [0.29, 0.717) is 5.56 Å². The van der Waals surface area contributed by atoms with E-state index in [4.69, 9.17) is 9.40 Å². The minimum atomic E-state index is -1.86. The molecule has 8 aromatic rings. The number of aryl methyl sites for hydroxylation is 2. The molecular weight excluding hydrogens is 940 g/mol. The molecule has 0 aliphatic carbocycles. The largest absolute Gasteiger partial charge is 0.500 e. The topological polar surface area (TPSA) is 38.9 Å². The van der Waals surface area contributed by atoms with E-state index in [-0.39, 0.29) is 31.3 Å². The van der Waals surface area contributed by atoms with E-state index in [1.54, 1.807) is 6.07 Å². The molecule has 0 saturated heterocycles. The van der Waals surface area contributed by atoms with Crippen molar-refractivity contribution in [2.24, 2.45) is 5.41 Å². The summed E-state index contributed by atoms with van der Waals surface area (Å²) in [6.45, 7) is 11.1. The molecule has 0 aliphatic rings. The summed E-state index contributed by atoms with van der Waals surface area (Å²) in [7, 11) is 0. The fraction of sp³-hybridized carbons (Fsp3) is 0.216. The Bertz CT molecular complexity index is 2650. The third-order valence-corrected chi connectivity index (χ3v) is 14.6. The standard InChI is InChI=1S/C36H32NO.C15H17FGeN.Ir/c1-24-23-37-33(20-30(24)22-36(2,3)4)29-14-16-34-32(19-29)31-15-13-28(21-35(31)38-34)27-12-8-11-26(18-27)17-25-9-6-5-7-10-25;1-11-8-15(12-6-5-7-13(16)9-12)18-10-14(11)17(2,3)4;/h5-13,15-16,18-21,23H,17,22H2,1-4H3;5,7-10H,1-4H3;/q2*-1;. The molecule has 3 aromatic heterocycles. The Labute approximate surface area is 353 Å². The number of rotatable bonds is 7. The normalized spacial score (nSPS) is 11.6. The fourth-order valence-electron chi connectivity index (χ4n) is 7.29. The summed E-state index contributed by atoms with van der Waals surface area (Å²) in [6.07, 6.45) is 5.88. The molecule has 5 aromatic carbocycles. The van der Waals surface area contributed by atoms with Crippen molar-refractivity contribution in [3.63, 3.8) is 0 Å². The van der Waals surface area contributed by atoms with Crippen LogP contribution >= 0.6 is 0 Å². The third-order valence-electron chi connectivity index (χ3n) is 10.1. The van der Waals surface area contributed by atoms with Gasteiger partial charge in [0.05, 0.1) is 5.58 Å². The van der Waals surface area contributed by atoms with Crippen LogP contribution in [0.4, 0.5) is 4.39 Å². The van der Waals surface area contributed by atoms with E-state index in [0.717, 1.165) is 57.3 Å². The molecule has 1 radical (unpaired) electrons. The average molecular weight is 990 g/mol. The van der Waals surface area contributed by atoms with Crippen molar-refractivity contribution >= 4 is 39.6 Å². The van der Waals surface area contributed by atoms with Crippen LogP contribution in [0.2, 0.25) is 17.3 Å². The second kappa shape index (κ2) is 17.4. The van der Waals surface area contributed by atoms with Gasteiger partial charge in [0, 0.05) is 31.7 Å². The Hall–Kier alpha value is -4.68. The number of pyridine rings is 2. The molecule has 0 amide bonds. The molecule has 0 N–H and O–H groups in total. The van der Waals surface area contributed by atoms with Gasteiger partial charge in [0.1, 0.15) is 5.58 Å². The van der Waals surface area contributed by atoms with E-state index < -0.39 is 13.3 Å². The molecule has 0 spiro atoms. The van der Waals surface area contributed by atoms with Crippen molar-refractivity contribution in [2.75, 3.05) is 0 Å². The molecule has 0 unspecified atom stereocenters. The third kappa shape index (κ3) is 10.3. The van der Waals surface area contributed by atoms with Crippen molar-refractivity contribution in [2.45, 2.75) is 64.7 Å². The number of hydrogen-bond donors (Lipinski definition) is 0. The van der Waals surface area contributed by atoms with Crippen molar-refractivity contribution < 1.29 is 28.9 Å². The first-order valence-corrected chi connectivity index (χ1v) is 26.7. The fourth-order valence-corrected chi connectivity index (χ4v) is 10.9. The van der Waals surface area contributed by atoms with E-state index in [1.165, 1.54) is 49.9 Å². The number of aromatic nitrogens is 2. The maximum atomic E-state index is 13.2. The molecule has 0 bridgehead atoms. The molecule has 291 valence electrons. The Balaban J connectivity index is 0.000000244. The van der Waals surface area contributed by atoms with Gasteiger partial charge in [-0.15, -0.1) is 23.8 Å².